The zero-order valence-electron chi connectivity index (χ0n) is 67.2. The molecular weight excluding hydrogens is 1580 g/mol. The number of H-pyrrole nitrogens is 11. The number of nitrogens with one attached hydrogen (secondary N) is 16. The average molecular weight is 1680 g/mol. The standard InChI is InChI=1S/C19H23N5O2.C18H20N4O2.C17H21N5O2.C17H20N4O2S.C15H16N6OS/c25-19-15-7-6-14(9-17(15)22-24-19)26-13-3-1-2-12(8-13)20-18-10-16(21-23-18)11-4-5-11;23-18-15-8-7-14(11-16(15)21-22-18)24-13-5-3-4-12(10-13)20-17-6-1-2-9-19-17;1-22-9-16(18-10-22)19-11-3-2-4-12(7-11)24-13-5-6-14-15(8-13)20-21-17(14)23;1-10-9-18-17(24-10)19-11-3-2-4-12(7-11)23-13-5-6-14-15(8-13)20-21-16(14)22;22-14-12-4-3-11(8-13(12)19-20-14)23-10-2-1-9(7-10)18-15-16-5-6-17-21-15/h6-7,9-13H,1-5,8H2,(H2,20,21,23)(H2,22,24,25);1-2,6-9,11-13H,3-5,10H2,(H,19,20)(H2,21,22,23);5-6,8-12,19H,2-4,7H2,1H3,(H2,20,21,23);5-6,8-9,11-12H,2-4,7H2,1H3,(H,18,19)(H2,20,21,22);3-6,8-10H,1-2,7H2,(H,16,18,21)(H2,19,20,22). The Kier molecular flexibility index (Phi) is 25.1. The molecule has 10 unspecified atom stereocenters. The maximum Gasteiger partial charge on any atom is 0.271 e. The fourth-order valence-corrected chi connectivity index (χ4v) is 18.8. The molecule has 10 aromatic heterocycles. The first-order chi connectivity index (χ1) is 59.1. The largest absolute Gasteiger partial charge is 0.490 e. The third-order valence-electron chi connectivity index (χ3n) is 22.9. The van der Waals surface area contributed by atoms with E-state index in [-0.39, 0.29) is 52.2 Å². The SMILES string of the molecule is Cc1cnc(NC2CCCC(Oc3ccc4c(=O)[nH][nH]c4c3)C2)s1.Cn1cnc(NC2CCCC(Oc3ccc4c(=O)[nH][nH]c4c3)C2)c1.O=c1[nH][nH]c2cc(OC3CCCC(Nc4cc(C5CC5)[nH]n4)C3)ccc12.O=c1[nH][nH]c2cc(OC3CCCC(Nc4ccccn4)C3)ccc12.O=c1[nH][nH]c2cc(SC3CCC(Nc4nccnn4)C3)ccc12. The molecule has 33 nitrogen and oxygen atoms in total. The second kappa shape index (κ2) is 37.7. The minimum absolute atomic E-state index is 0.0712. The maximum absolute atomic E-state index is 11.6. The molecule has 0 amide bonds. The van der Waals surface area contributed by atoms with Gasteiger partial charge in [-0.15, -0.1) is 28.2 Å². The molecule has 16 N–H and O–H groups in total. The minimum atomic E-state index is -0.103. The van der Waals surface area contributed by atoms with Gasteiger partial charge in [-0.05, 0) is 195 Å². The number of aryl methyl sites for hydroxylation is 2. The number of aromatic nitrogens is 19. The second-order valence-corrected chi connectivity index (χ2v) is 34.8. The van der Waals surface area contributed by atoms with Crippen LogP contribution in [0.1, 0.15) is 151 Å². The number of hydrogen-bond donors (Lipinski definition) is 16. The third-order valence-corrected chi connectivity index (χ3v) is 25.1. The Morgan fingerprint density at radius 2 is 0.884 bits per heavy atom. The molecule has 630 valence electrons. The Balaban J connectivity index is 0.000000108. The highest BCUT2D eigenvalue weighted by Crippen LogP contribution is 2.41. The van der Waals surface area contributed by atoms with Crippen molar-refractivity contribution in [3.63, 3.8) is 0 Å². The molecule has 0 bridgehead atoms. The number of thioether (sulfide) groups is 1. The molecule has 121 heavy (non-hydrogen) atoms. The van der Waals surface area contributed by atoms with Crippen LogP contribution < -0.4 is 73.3 Å². The molecule has 0 radical (unpaired) electrons. The van der Waals surface area contributed by atoms with Crippen LogP contribution in [0, 0.1) is 6.92 Å². The molecule has 35 heteroatoms. The Morgan fingerprint density at radius 1 is 0.421 bits per heavy atom. The van der Waals surface area contributed by atoms with Gasteiger partial charge in [0.15, 0.2) is 5.13 Å². The summed E-state index contributed by atoms with van der Waals surface area (Å²) in [6, 6.07) is 38.1. The van der Waals surface area contributed by atoms with Crippen molar-refractivity contribution in [1.29, 1.82) is 0 Å². The van der Waals surface area contributed by atoms with Crippen LogP contribution in [0.5, 0.6) is 23.0 Å². The predicted octanol–water partition coefficient (Wildman–Crippen LogP) is 14.3. The summed E-state index contributed by atoms with van der Waals surface area (Å²) in [5.41, 5.74) is 4.74. The lowest BCUT2D eigenvalue weighted by Gasteiger charge is -2.30. The van der Waals surface area contributed by atoms with Gasteiger partial charge in [0.25, 0.3) is 27.8 Å². The minimum Gasteiger partial charge on any atom is -0.490 e. The summed E-state index contributed by atoms with van der Waals surface area (Å²) in [5, 5.41) is 65.0. The van der Waals surface area contributed by atoms with E-state index < -0.39 is 0 Å². The molecule has 6 fully saturated rings. The quantitative estimate of drug-likeness (QED) is 0.0318. The summed E-state index contributed by atoms with van der Waals surface area (Å²) in [6.07, 6.45) is 34.3. The lowest BCUT2D eigenvalue weighted by molar-refractivity contribution is 0.148. The van der Waals surface area contributed by atoms with Gasteiger partial charge >= 0.3 is 0 Å². The van der Waals surface area contributed by atoms with Crippen LogP contribution in [0.3, 0.4) is 0 Å². The monoisotopic (exact) mass is 1680 g/mol. The first-order valence-corrected chi connectivity index (χ1v) is 43.5. The molecule has 10 atom stereocenters. The number of pyridine rings is 1. The summed E-state index contributed by atoms with van der Waals surface area (Å²) in [5.74, 6) is 7.24. The van der Waals surface area contributed by atoms with Gasteiger partial charge in [0, 0.05) is 138 Å². The highest BCUT2D eigenvalue weighted by Gasteiger charge is 2.31. The lowest BCUT2D eigenvalue weighted by Crippen LogP contribution is -2.33. The van der Waals surface area contributed by atoms with Gasteiger partial charge in [-0.2, -0.15) is 10.2 Å². The van der Waals surface area contributed by atoms with Crippen LogP contribution in [-0.2, 0) is 7.05 Å². The van der Waals surface area contributed by atoms with Gasteiger partial charge in [0.1, 0.15) is 64.9 Å². The number of hydrogen-bond acceptors (Lipinski definition) is 23. The number of nitrogens with zero attached hydrogens (tertiary/aromatic N) is 8. The summed E-state index contributed by atoms with van der Waals surface area (Å²) in [6.45, 7) is 2.07. The highest BCUT2D eigenvalue weighted by atomic mass is 32.2. The summed E-state index contributed by atoms with van der Waals surface area (Å²) >= 11 is 3.55. The summed E-state index contributed by atoms with van der Waals surface area (Å²) < 4.78 is 26.6. The van der Waals surface area contributed by atoms with Crippen LogP contribution in [-0.4, -0.2) is 156 Å². The predicted molar refractivity (Wildman–Crippen MR) is 471 cm³/mol. The third kappa shape index (κ3) is 21.3. The first-order valence-electron chi connectivity index (χ1n) is 41.8. The number of thiazole rings is 1. The molecule has 0 spiro atoms. The van der Waals surface area contributed by atoms with E-state index in [2.05, 4.69) is 131 Å². The summed E-state index contributed by atoms with van der Waals surface area (Å²) in [4.78, 5) is 77.4. The van der Waals surface area contributed by atoms with Gasteiger partial charge in [-0.25, -0.2) is 19.9 Å². The van der Waals surface area contributed by atoms with E-state index in [0.717, 1.165) is 195 Å². The molecule has 6 aliphatic carbocycles. The maximum atomic E-state index is 11.6. The van der Waals surface area contributed by atoms with Gasteiger partial charge in [0.2, 0.25) is 5.95 Å². The lowest BCUT2D eigenvalue weighted by atomic mass is 9.92. The first kappa shape index (κ1) is 80.6. The van der Waals surface area contributed by atoms with E-state index >= 15 is 0 Å². The number of anilines is 5. The van der Waals surface area contributed by atoms with Crippen LogP contribution in [0.15, 0.2) is 181 Å². The summed E-state index contributed by atoms with van der Waals surface area (Å²) in [7, 11) is 1.96. The van der Waals surface area contributed by atoms with Crippen molar-refractivity contribution < 1.29 is 18.9 Å². The van der Waals surface area contributed by atoms with Gasteiger partial charge < -0.3 is 50.1 Å². The molecule has 21 rings (SSSR count). The van der Waals surface area contributed by atoms with Crippen molar-refractivity contribution in [1.82, 2.24) is 95.9 Å². The molecule has 10 heterocycles. The fraction of sp³-hybridized carbons (Fsp3) is 0.395. The van der Waals surface area contributed by atoms with Crippen molar-refractivity contribution in [2.24, 2.45) is 7.05 Å². The van der Waals surface area contributed by atoms with Crippen LogP contribution in [0.4, 0.5) is 28.5 Å². The topological polar surface area (TPSA) is 451 Å². The Labute approximate surface area is 701 Å². The number of ether oxygens (including phenoxy) is 4. The number of imidazole rings is 1. The molecule has 0 saturated heterocycles. The second-order valence-electron chi connectivity index (χ2n) is 32.2. The molecule has 0 aliphatic heterocycles. The van der Waals surface area contributed by atoms with Gasteiger partial charge in [-0.3, -0.25) is 80.1 Å². The number of rotatable bonds is 21. The van der Waals surface area contributed by atoms with Crippen molar-refractivity contribution in [3.05, 3.63) is 215 Å². The van der Waals surface area contributed by atoms with Crippen LogP contribution in [0.2, 0.25) is 0 Å². The number of benzene rings is 5. The molecule has 6 saturated carbocycles. The highest BCUT2D eigenvalue weighted by molar-refractivity contribution is 8.00. The van der Waals surface area contributed by atoms with Gasteiger partial charge in [-0.1, -0.05) is 6.07 Å². The van der Waals surface area contributed by atoms with Crippen molar-refractivity contribution in [2.75, 3.05) is 26.6 Å². The number of aromatic amines is 11. The number of fused-ring (bicyclic) bond motifs is 5. The van der Waals surface area contributed by atoms with Crippen LogP contribution in [0.25, 0.3) is 54.5 Å². The normalized spacial score (nSPS) is 21.4. The Morgan fingerprint density at radius 3 is 1.32 bits per heavy atom. The van der Waals surface area contributed by atoms with E-state index in [4.69, 9.17) is 18.9 Å². The molecule has 15 aromatic rings. The van der Waals surface area contributed by atoms with Crippen molar-refractivity contribution in [2.45, 2.75) is 212 Å². The Hall–Kier alpha value is -12.8. The molecule has 5 aromatic carbocycles. The Bertz CT molecular complexity index is 6080. The molecule has 6 aliphatic rings. The van der Waals surface area contributed by atoms with E-state index in [1.807, 2.05) is 127 Å². The molecular formula is C86H100N24O9S2. The van der Waals surface area contributed by atoms with Crippen molar-refractivity contribution in [3.8, 4) is 23.0 Å². The average Bonchev–Trinajstić information content (AvgIpc) is 1.71. The van der Waals surface area contributed by atoms with Crippen molar-refractivity contribution >= 4 is 106 Å². The zero-order chi connectivity index (χ0) is 82.5. The smallest absolute Gasteiger partial charge is 0.271 e. The van der Waals surface area contributed by atoms with Crippen LogP contribution >= 0.6 is 23.1 Å². The van der Waals surface area contributed by atoms with E-state index in [9.17, 15) is 24.0 Å². The van der Waals surface area contributed by atoms with Gasteiger partial charge in [0.05, 0.1) is 73.2 Å². The van der Waals surface area contributed by atoms with E-state index in [1.165, 1.54) is 28.3 Å². The zero-order valence-corrected chi connectivity index (χ0v) is 68.8. The van der Waals surface area contributed by atoms with E-state index in [1.54, 1.807) is 54.5 Å². The fourth-order valence-electron chi connectivity index (χ4n) is 16.8. The van der Waals surface area contributed by atoms with E-state index in [0.29, 0.717) is 74.3 Å².